The Labute approximate surface area is 181 Å². The first-order valence-corrected chi connectivity index (χ1v) is 9.59. The van der Waals surface area contributed by atoms with Gasteiger partial charge >= 0.3 is 11.9 Å². The molecule has 0 spiro atoms. The minimum Gasteiger partial charge on any atom is -0.507 e. The van der Waals surface area contributed by atoms with Gasteiger partial charge in [0.15, 0.2) is 0 Å². The Morgan fingerprint density at radius 3 is 2.50 bits per heavy atom. The quantitative estimate of drug-likeness (QED) is 0.466. The third kappa shape index (κ3) is 4.34. The number of nitrogens with one attached hydrogen (secondary N) is 1. The minimum absolute atomic E-state index is 0.0474. The summed E-state index contributed by atoms with van der Waals surface area (Å²) in [7, 11) is 2.65. The molecule has 0 saturated carbocycles. The van der Waals surface area contributed by atoms with Crippen LogP contribution >= 0.6 is 0 Å². The summed E-state index contributed by atoms with van der Waals surface area (Å²) >= 11 is 0. The van der Waals surface area contributed by atoms with Gasteiger partial charge in [0.05, 0.1) is 31.7 Å². The highest BCUT2D eigenvalue weighted by atomic mass is 16.5. The number of aromatic nitrogens is 2. The predicted octanol–water partition coefficient (Wildman–Crippen LogP) is 1.49. The van der Waals surface area contributed by atoms with E-state index in [1.165, 1.54) is 26.2 Å². The van der Waals surface area contributed by atoms with Crippen molar-refractivity contribution in [1.82, 2.24) is 9.55 Å². The van der Waals surface area contributed by atoms with Crippen molar-refractivity contribution in [2.24, 2.45) is 0 Å². The Morgan fingerprint density at radius 2 is 1.88 bits per heavy atom. The summed E-state index contributed by atoms with van der Waals surface area (Å²) < 4.78 is 10.8. The largest absolute Gasteiger partial charge is 0.507 e. The molecule has 0 bridgehead atoms. The van der Waals surface area contributed by atoms with E-state index in [9.17, 15) is 24.3 Å². The molecule has 0 aliphatic rings. The minimum atomic E-state index is -1.26. The zero-order valence-corrected chi connectivity index (χ0v) is 17.7. The SMILES string of the molecule is COC(=O)CC(c1cc2ccc(OC)cc2[nH]c1=O)c1c(O)cc(C)n(CC(=O)O)c1=O. The first-order chi connectivity index (χ1) is 15.2. The van der Waals surface area contributed by atoms with Crippen LogP contribution in [0.4, 0.5) is 0 Å². The van der Waals surface area contributed by atoms with E-state index < -0.39 is 47.7 Å². The molecule has 1 aromatic carbocycles. The van der Waals surface area contributed by atoms with Crippen molar-refractivity contribution in [3.8, 4) is 11.5 Å². The van der Waals surface area contributed by atoms with Crippen molar-refractivity contribution in [2.75, 3.05) is 14.2 Å². The maximum atomic E-state index is 13.1. The molecule has 0 aliphatic carbocycles. The molecule has 2 heterocycles. The molecular weight excluding hydrogens is 420 g/mol. The Balaban J connectivity index is 2.29. The number of carboxylic acid groups (broad SMARTS) is 1. The summed E-state index contributed by atoms with van der Waals surface area (Å²) in [5, 5.41) is 20.3. The second-order valence-corrected chi connectivity index (χ2v) is 7.21. The lowest BCUT2D eigenvalue weighted by Gasteiger charge is -2.19. The molecule has 1 unspecified atom stereocenters. The van der Waals surface area contributed by atoms with Crippen LogP contribution in [0.5, 0.6) is 11.5 Å². The average Bonchev–Trinajstić information content (AvgIpc) is 2.74. The number of carbonyl (C=O) groups excluding carboxylic acids is 1. The summed E-state index contributed by atoms with van der Waals surface area (Å²) in [6, 6.07) is 7.74. The third-order valence-electron chi connectivity index (χ3n) is 5.22. The van der Waals surface area contributed by atoms with Crippen LogP contribution in [-0.4, -0.2) is 45.9 Å². The summed E-state index contributed by atoms with van der Waals surface area (Å²) in [5.74, 6) is -3.06. The number of aryl methyl sites for hydroxylation is 1. The third-order valence-corrected chi connectivity index (χ3v) is 5.22. The lowest BCUT2D eigenvalue weighted by Crippen LogP contribution is -2.32. The number of carbonyl (C=O) groups is 2. The smallest absolute Gasteiger partial charge is 0.323 e. The van der Waals surface area contributed by atoms with Gasteiger partial charge in [0.2, 0.25) is 0 Å². The number of methoxy groups -OCH3 is 2. The van der Waals surface area contributed by atoms with Crippen molar-refractivity contribution in [2.45, 2.75) is 25.8 Å². The number of esters is 1. The molecule has 0 radical (unpaired) electrons. The highest BCUT2D eigenvalue weighted by Gasteiger charge is 2.29. The van der Waals surface area contributed by atoms with Gasteiger partial charge in [-0.25, -0.2) is 0 Å². The molecule has 0 amide bonds. The van der Waals surface area contributed by atoms with E-state index in [2.05, 4.69) is 4.98 Å². The summed E-state index contributed by atoms with van der Waals surface area (Å²) in [4.78, 5) is 52.2. The number of H-pyrrole nitrogens is 1. The molecule has 168 valence electrons. The number of aliphatic carboxylic acids is 1. The van der Waals surface area contributed by atoms with Gasteiger partial charge in [0.1, 0.15) is 18.0 Å². The number of aromatic amines is 1. The van der Waals surface area contributed by atoms with Gasteiger partial charge < -0.3 is 29.2 Å². The number of nitrogens with zero attached hydrogens (tertiary/aromatic N) is 1. The Hall–Kier alpha value is -4.08. The van der Waals surface area contributed by atoms with E-state index in [0.717, 1.165) is 11.7 Å². The second-order valence-electron chi connectivity index (χ2n) is 7.21. The van der Waals surface area contributed by atoms with E-state index in [0.29, 0.717) is 16.7 Å². The number of pyridine rings is 2. The van der Waals surface area contributed by atoms with E-state index in [4.69, 9.17) is 14.6 Å². The topological polar surface area (TPSA) is 148 Å². The number of hydrogen-bond acceptors (Lipinski definition) is 7. The number of ether oxygens (including phenoxy) is 2. The van der Waals surface area contributed by atoms with Gasteiger partial charge in [0.25, 0.3) is 11.1 Å². The Kier molecular flexibility index (Phi) is 6.33. The second kappa shape index (κ2) is 8.96. The van der Waals surface area contributed by atoms with Crippen LogP contribution in [0.1, 0.15) is 29.2 Å². The van der Waals surface area contributed by atoms with Gasteiger partial charge in [-0.15, -0.1) is 0 Å². The molecule has 0 aliphatic heterocycles. The van der Waals surface area contributed by atoms with E-state index >= 15 is 0 Å². The first-order valence-electron chi connectivity index (χ1n) is 9.59. The fourth-order valence-electron chi connectivity index (χ4n) is 3.63. The number of fused-ring (bicyclic) bond motifs is 1. The maximum absolute atomic E-state index is 13.1. The number of benzene rings is 1. The first kappa shape index (κ1) is 22.6. The monoisotopic (exact) mass is 442 g/mol. The zero-order valence-electron chi connectivity index (χ0n) is 17.7. The summed E-state index contributed by atoms with van der Waals surface area (Å²) in [5.41, 5.74) is -0.912. The van der Waals surface area contributed by atoms with Crippen molar-refractivity contribution in [1.29, 1.82) is 0 Å². The normalized spacial score (nSPS) is 11.8. The van der Waals surface area contributed by atoms with E-state index in [-0.39, 0.29) is 16.8 Å². The predicted molar refractivity (Wildman–Crippen MR) is 114 cm³/mol. The molecular formula is C22H22N2O8. The van der Waals surface area contributed by atoms with Crippen molar-refractivity contribution in [3.05, 3.63) is 67.9 Å². The van der Waals surface area contributed by atoms with Gasteiger partial charge in [-0.3, -0.25) is 19.2 Å². The van der Waals surface area contributed by atoms with Crippen molar-refractivity contribution < 1.29 is 29.3 Å². The summed E-state index contributed by atoms with van der Waals surface area (Å²) in [6.45, 7) is 0.829. The van der Waals surface area contributed by atoms with Crippen LogP contribution in [0.2, 0.25) is 0 Å². The van der Waals surface area contributed by atoms with Crippen LogP contribution in [-0.2, 0) is 20.9 Å². The number of hydrogen-bond donors (Lipinski definition) is 3. The van der Waals surface area contributed by atoms with E-state index in [1.807, 2.05) is 0 Å². The van der Waals surface area contributed by atoms with Crippen LogP contribution < -0.4 is 15.9 Å². The molecule has 32 heavy (non-hydrogen) atoms. The van der Waals surface area contributed by atoms with Gasteiger partial charge in [-0.1, -0.05) is 0 Å². The van der Waals surface area contributed by atoms with Crippen LogP contribution in [0.15, 0.2) is 39.9 Å². The molecule has 3 N–H and O–H groups in total. The molecule has 2 aromatic heterocycles. The Morgan fingerprint density at radius 1 is 1.16 bits per heavy atom. The highest BCUT2D eigenvalue weighted by Crippen LogP contribution is 2.32. The van der Waals surface area contributed by atoms with Crippen molar-refractivity contribution >= 4 is 22.8 Å². The molecule has 0 fully saturated rings. The number of aromatic hydroxyl groups is 1. The molecule has 10 heteroatoms. The Bertz CT molecular complexity index is 1320. The highest BCUT2D eigenvalue weighted by molar-refractivity contribution is 5.81. The van der Waals surface area contributed by atoms with Gasteiger partial charge in [-0.05, 0) is 36.6 Å². The zero-order chi connectivity index (χ0) is 23.6. The van der Waals surface area contributed by atoms with Crippen LogP contribution in [0, 0.1) is 6.92 Å². The molecule has 0 saturated heterocycles. The summed E-state index contributed by atoms with van der Waals surface area (Å²) in [6.07, 6.45) is -0.416. The lowest BCUT2D eigenvalue weighted by atomic mass is 9.88. The standard InChI is InChI=1S/C22H22N2O8/c1-11-6-17(25)20(22(30)24(11)10-18(26)27)14(9-19(28)32-3)15-7-12-4-5-13(31-2)8-16(12)23-21(15)29/h4-8,14,25H,9-10H2,1-3H3,(H,23,29)(H,26,27). The van der Waals surface area contributed by atoms with Crippen molar-refractivity contribution in [3.63, 3.8) is 0 Å². The fourth-order valence-corrected chi connectivity index (χ4v) is 3.63. The van der Waals surface area contributed by atoms with Gasteiger partial charge in [0, 0.05) is 23.2 Å². The molecule has 3 rings (SSSR count). The fraction of sp³-hybridized carbons (Fsp3) is 0.273. The molecule has 3 aromatic rings. The van der Waals surface area contributed by atoms with E-state index in [1.54, 1.807) is 18.2 Å². The average molecular weight is 442 g/mol. The maximum Gasteiger partial charge on any atom is 0.323 e. The molecule has 10 nitrogen and oxygen atoms in total. The van der Waals surface area contributed by atoms with Crippen LogP contribution in [0.25, 0.3) is 10.9 Å². The molecule has 1 atom stereocenters. The number of rotatable bonds is 7. The lowest BCUT2D eigenvalue weighted by molar-refractivity contribution is -0.141. The van der Waals surface area contributed by atoms with Gasteiger partial charge in [-0.2, -0.15) is 0 Å². The number of carboxylic acids is 1. The van der Waals surface area contributed by atoms with Crippen LogP contribution in [0.3, 0.4) is 0 Å².